The third-order valence-corrected chi connectivity index (χ3v) is 4.01. The van der Waals surface area contributed by atoms with Crippen molar-refractivity contribution in [2.75, 3.05) is 18.6 Å². The van der Waals surface area contributed by atoms with Gasteiger partial charge in [-0.05, 0) is 32.9 Å². The first-order valence-corrected chi connectivity index (χ1v) is 6.97. The van der Waals surface area contributed by atoms with Crippen molar-refractivity contribution in [3.63, 3.8) is 0 Å². The fourth-order valence-corrected chi connectivity index (χ4v) is 2.60. The highest BCUT2D eigenvalue weighted by molar-refractivity contribution is 5.97. The first-order valence-electron chi connectivity index (χ1n) is 6.97. The quantitative estimate of drug-likeness (QED) is 0.650. The van der Waals surface area contributed by atoms with Gasteiger partial charge in [0.25, 0.3) is 0 Å². The van der Waals surface area contributed by atoms with Gasteiger partial charge in [-0.15, -0.1) is 0 Å². The van der Waals surface area contributed by atoms with Crippen LogP contribution < -0.4 is 10.4 Å². The number of amides is 2. The average Bonchev–Trinajstić information content (AvgIpc) is 2.67. The number of hydrogen-bond donors (Lipinski definition) is 2. The lowest BCUT2D eigenvalue weighted by molar-refractivity contribution is -0.142. The van der Waals surface area contributed by atoms with Gasteiger partial charge in [0.15, 0.2) is 0 Å². The highest BCUT2D eigenvalue weighted by atomic mass is 16.5. The number of methoxy groups -OCH3 is 1. The number of urea groups is 1. The van der Waals surface area contributed by atoms with Crippen LogP contribution in [0.2, 0.25) is 0 Å². The Hall–Kier alpha value is -2.12. The molecule has 120 valence electrons. The number of carbonyl (C=O) groups is 2. The van der Waals surface area contributed by atoms with Crippen molar-refractivity contribution in [2.45, 2.75) is 32.5 Å². The summed E-state index contributed by atoms with van der Waals surface area (Å²) in [7, 11) is 1.27. The number of nitrogens with one attached hydrogen (secondary N) is 1. The first kappa shape index (κ1) is 16.3. The lowest BCUT2D eigenvalue weighted by Crippen LogP contribution is -2.54. The van der Waals surface area contributed by atoms with Gasteiger partial charge in [0.05, 0.1) is 12.6 Å². The monoisotopic (exact) mass is 307 g/mol. The average molecular weight is 307 g/mol. The van der Waals surface area contributed by atoms with Gasteiger partial charge in [-0.2, -0.15) is 5.48 Å². The highest BCUT2D eigenvalue weighted by Crippen LogP contribution is 2.34. The van der Waals surface area contributed by atoms with Crippen LogP contribution in [0.25, 0.3) is 0 Å². The summed E-state index contributed by atoms with van der Waals surface area (Å²) < 4.78 is 4.65. The molecule has 7 heteroatoms. The zero-order chi connectivity index (χ0) is 16.5. The molecule has 2 rings (SSSR count). The number of ether oxygens (including phenoxy) is 1. The van der Waals surface area contributed by atoms with Crippen molar-refractivity contribution in [3.05, 3.63) is 29.8 Å². The zero-order valence-corrected chi connectivity index (χ0v) is 13.2. The number of anilines is 1. The molecule has 1 aromatic carbocycles. The zero-order valence-electron chi connectivity index (χ0n) is 13.2. The molecule has 1 aliphatic rings. The van der Waals surface area contributed by atoms with E-state index in [1.807, 2.05) is 19.1 Å². The van der Waals surface area contributed by atoms with Gasteiger partial charge in [0, 0.05) is 5.69 Å². The summed E-state index contributed by atoms with van der Waals surface area (Å²) in [6.45, 7) is 5.32. The fourth-order valence-electron chi connectivity index (χ4n) is 2.60. The van der Waals surface area contributed by atoms with Crippen LogP contribution in [0.3, 0.4) is 0 Å². The van der Waals surface area contributed by atoms with E-state index in [4.69, 9.17) is 0 Å². The Bertz CT molecular complexity index is 571. The summed E-state index contributed by atoms with van der Waals surface area (Å²) >= 11 is 0. The second kappa shape index (κ2) is 5.94. The lowest BCUT2D eigenvalue weighted by atomic mass is 10.0. The van der Waals surface area contributed by atoms with E-state index in [9.17, 15) is 14.8 Å². The normalized spacial score (nSPS) is 20.4. The molecule has 2 amide bonds. The maximum Gasteiger partial charge on any atom is 0.327 e. The van der Waals surface area contributed by atoms with E-state index in [0.29, 0.717) is 5.69 Å². The largest absolute Gasteiger partial charge is 0.468 e. The summed E-state index contributed by atoms with van der Waals surface area (Å²) in [5, 5.41) is 9.53. The molecule has 0 spiro atoms. The summed E-state index contributed by atoms with van der Waals surface area (Å²) in [5.41, 5.74) is 3.09. The van der Waals surface area contributed by atoms with Gasteiger partial charge in [-0.1, -0.05) is 17.7 Å². The molecule has 1 aliphatic heterocycles. The van der Waals surface area contributed by atoms with Crippen molar-refractivity contribution >= 4 is 17.7 Å². The number of aryl methyl sites for hydroxylation is 1. The molecule has 22 heavy (non-hydrogen) atoms. The number of nitrogens with zero attached hydrogens (tertiary/aromatic N) is 2. The Balaban J connectivity index is 2.39. The second-order valence-electron chi connectivity index (χ2n) is 5.84. The van der Waals surface area contributed by atoms with Crippen LogP contribution in [0.5, 0.6) is 0 Å². The first-order chi connectivity index (χ1) is 10.3. The van der Waals surface area contributed by atoms with Crippen molar-refractivity contribution in [1.82, 2.24) is 10.4 Å². The van der Waals surface area contributed by atoms with Crippen molar-refractivity contribution < 1.29 is 19.5 Å². The van der Waals surface area contributed by atoms with Gasteiger partial charge in [0.1, 0.15) is 12.7 Å². The molecule has 0 aromatic heterocycles. The van der Waals surface area contributed by atoms with Gasteiger partial charge in [-0.25, -0.2) is 4.79 Å². The van der Waals surface area contributed by atoms with Crippen molar-refractivity contribution in [3.8, 4) is 0 Å². The maximum absolute atomic E-state index is 12.7. The van der Waals surface area contributed by atoms with E-state index >= 15 is 0 Å². The highest BCUT2D eigenvalue weighted by Gasteiger charge is 2.52. The SMILES string of the molecule is COC(=O)CN1C(=O)N(c2ccc(C)cc2)C(NO)C1(C)C. The van der Waals surface area contributed by atoms with E-state index in [1.54, 1.807) is 26.0 Å². The van der Waals surface area contributed by atoms with Gasteiger partial charge in [-0.3, -0.25) is 9.69 Å². The number of benzene rings is 1. The summed E-state index contributed by atoms with van der Waals surface area (Å²) in [4.78, 5) is 27.1. The molecule has 1 atom stereocenters. The Morgan fingerprint density at radius 3 is 2.45 bits per heavy atom. The summed E-state index contributed by atoms with van der Waals surface area (Å²) in [5.74, 6) is -0.510. The Labute approximate surface area is 129 Å². The number of carbonyl (C=O) groups excluding carboxylic acids is 2. The van der Waals surface area contributed by atoms with E-state index in [1.165, 1.54) is 16.9 Å². The van der Waals surface area contributed by atoms with Crippen LogP contribution in [0.1, 0.15) is 19.4 Å². The summed E-state index contributed by atoms with van der Waals surface area (Å²) in [6.07, 6.45) is -0.688. The third kappa shape index (κ3) is 2.65. The van der Waals surface area contributed by atoms with Crippen LogP contribution >= 0.6 is 0 Å². The Kier molecular flexibility index (Phi) is 4.39. The second-order valence-corrected chi connectivity index (χ2v) is 5.84. The van der Waals surface area contributed by atoms with Crippen LogP contribution in [-0.4, -0.2) is 47.5 Å². The van der Waals surface area contributed by atoms with E-state index in [2.05, 4.69) is 10.2 Å². The Morgan fingerprint density at radius 1 is 1.36 bits per heavy atom. The number of hydroxylamine groups is 1. The number of hydrogen-bond acceptors (Lipinski definition) is 5. The molecule has 1 heterocycles. The van der Waals surface area contributed by atoms with E-state index in [-0.39, 0.29) is 12.6 Å². The molecule has 0 radical (unpaired) electrons. The minimum atomic E-state index is -0.801. The van der Waals surface area contributed by atoms with Crippen LogP contribution in [0, 0.1) is 6.92 Å². The molecule has 1 fully saturated rings. The summed E-state index contributed by atoms with van der Waals surface area (Å²) in [6, 6.07) is 7.00. The van der Waals surface area contributed by atoms with Gasteiger partial charge in [0.2, 0.25) is 0 Å². The molecule has 0 bridgehead atoms. The van der Waals surface area contributed by atoms with Gasteiger partial charge < -0.3 is 14.8 Å². The molecule has 1 aromatic rings. The standard InChI is InChI=1S/C15H21N3O4/c1-10-5-7-11(8-6-10)18-13(16-21)15(2,3)17(14(18)20)9-12(19)22-4/h5-8,13,16,21H,9H2,1-4H3. The van der Waals surface area contributed by atoms with Crippen molar-refractivity contribution in [2.24, 2.45) is 0 Å². The van der Waals surface area contributed by atoms with E-state index in [0.717, 1.165) is 5.56 Å². The molecule has 7 nitrogen and oxygen atoms in total. The molecule has 1 unspecified atom stereocenters. The predicted octanol–water partition coefficient (Wildman–Crippen LogP) is 1.49. The molecule has 0 aliphatic carbocycles. The van der Waals surface area contributed by atoms with Crippen LogP contribution in [-0.2, 0) is 9.53 Å². The molecule has 2 N–H and O–H groups in total. The van der Waals surface area contributed by atoms with Crippen LogP contribution in [0.15, 0.2) is 24.3 Å². The third-order valence-electron chi connectivity index (χ3n) is 4.01. The fraction of sp³-hybridized carbons (Fsp3) is 0.467. The lowest BCUT2D eigenvalue weighted by Gasteiger charge is -2.33. The maximum atomic E-state index is 12.7. The van der Waals surface area contributed by atoms with Crippen LogP contribution in [0.4, 0.5) is 10.5 Å². The molecule has 0 saturated carbocycles. The molecular formula is C15H21N3O4. The van der Waals surface area contributed by atoms with Gasteiger partial charge >= 0.3 is 12.0 Å². The van der Waals surface area contributed by atoms with E-state index < -0.39 is 17.7 Å². The van der Waals surface area contributed by atoms with Crippen molar-refractivity contribution in [1.29, 1.82) is 0 Å². The molecular weight excluding hydrogens is 286 g/mol. The Morgan fingerprint density at radius 2 is 1.95 bits per heavy atom. The minimum Gasteiger partial charge on any atom is -0.468 e. The number of rotatable bonds is 4. The predicted molar refractivity (Wildman–Crippen MR) is 80.6 cm³/mol. The minimum absolute atomic E-state index is 0.178. The molecule has 1 saturated heterocycles. The number of esters is 1. The smallest absolute Gasteiger partial charge is 0.327 e. The topological polar surface area (TPSA) is 82.1 Å².